The molecule has 2 aromatic rings. The third kappa shape index (κ3) is 4.38. The summed E-state index contributed by atoms with van der Waals surface area (Å²) in [5, 5.41) is 3.27. The minimum atomic E-state index is -0.472. The Morgan fingerprint density at radius 2 is 1.87 bits per heavy atom. The van der Waals surface area contributed by atoms with E-state index in [4.69, 9.17) is 9.47 Å². The van der Waals surface area contributed by atoms with E-state index >= 15 is 0 Å². The number of nitrogens with one attached hydrogen (secondary N) is 1. The van der Waals surface area contributed by atoms with Gasteiger partial charge in [-0.25, -0.2) is 9.18 Å². The van der Waals surface area contributed by atoms with Gasteiger partial charge in [0.25, 0.3) is 0 Å². The fourth-order valence-corrected chi connectivity index (χ4v) is 4.17. The lowest BCUT2D eigenvalue weighted by Gasteiger charge is -2.32. The quantitative estimate of drug-likeness (QED) is 0.718. The van der Waals surface area contributed by atoms with Gasteiger partial charge < -0.3 is 14.8 Å². The van der Waals surface area contributed by atoms with Gasteiger partial charge in [0.15, 0.2) is 5.78 Å². The Hall–Kier alpha value is -3.41. The lowest BCUT2D eigenvalue weighted by Crippen LogP contribution is -2.31. The van der Waals surface area contributed by atoms with Crippen molar-refractivity contribution in [2.75, 3.05) is 7.11 Å². The predicted octanol–water partition coefficient (Wildman–Crippen LogP) is 4.55. The van der Waals surface area contributed by atoms with E-state index in [1.54, 1.807) is 19.2 Å². The smallest absolute Gasteiger partial charge is 0.336 e. The Labute approximate surface area is 180 Å². The molecule has 1 atom stereocenters. The van der Waals surface area contributed by atoms with Crippen LogP contribution in [-0.2, 0) is 20.9 Å². The molecule has 2 aromatic carbocycles. The highest BCUT2D eigenvalue weighted by Gasteiger charge is 2.34. The molecule has 0 unspecified atom stereocenters. The summed E-state index contributed by atoms with van der Waals surface area (Å²) in [6.07, 6.45) is 1.31. The van der Waals surface area contributed by atoms with Gasteiger partial charge in [0.05, 0.1) is 12.7 Å². The molecule has 0 saturated carbocycles. The summed E-state index contributed by atoms with van der Waals surface area (Å²) in [7, 11) is 1.63. The molecule has 31 heavy (non-hydrogen) atoms. The zero-order chi connectivity index (χ0) is 22.0. The first-order chi connectivity index (χ1) is 15.0. The minimum absolute atomic E-state index is 0.0228. The van der Waals surface area contributed by atoms with Gasteiger partial charge in [0.1, 0.15) is 18.2 Å². The molecule has 1 heterocycles. The Morgan fingerprint density at radius 1 is 1.13 bits per heavy atom. The molecule has 2 aliphatic rings. The highest BCUT2D eigenvalue weighted by Crippen LogP contribution is 2.41. The van der Waals surface area contributed by atoms with Crippen molar-refractivity contribution in [3.63, 3.8) is 0 Å². The fraction of sp³-hybridized carbons (Fsp3) is 0.280. The lowest BCUT2D eigenvalue weighted by molar-refractivity contribution is -0.140. The number of rotatable bonds is 5. The maximum absolute atomic E-state index is 13.0. The molecule has 0 radical (unpaired) electrons. The zero-order valence-corrected chi connectivity index (χ0v) is 17.5. The normalized spacial score (nSPS) is 18.4. The molecule has 0 aromatic heterocycles. The number of carbonyl (C=O) groups excluding carboxylic acids is 2. The number of para-hydroxylation sites is 1. The molecule has 0 spiro atoms. The van der Waals surface area contributed by atoms with Crippen LogP contribution in [0.4, 0.5) is 4.39 Å². The summed E-state index contributed by atoms with van der Waals surface area (Å²) in [6.45, 7) is 1.86. The molecule has 0 saturated heterocycles. The van der Waals surface area contributed by atoms with Crippen LogP contribution in [0.1, 0.15) is 43.2 Å². The molecule has 1 N–H and O–H groups in total. The van der Waals surface area contributed by atoms with E-state index in [-0.39, 0.29) is 30.5 Å². The third-order valence-corrected chi connectivity index (χ3v) is 5.84. The largest absolute Gasteiger partial charge is 0.496 e. The molecule has 1 aliphatic carbocycles. The van der Waals surface area contributed by atoms with Gasteiger partial charge in [0, 0.05) is 35.7 Å². The molecule has 1 aliphatic heterocycles. The number of ether oxygens (including phenoxy) is 2. The standard InChI is InChI=1S/C25H24FNO4/c1-15-20(25(29)31-14-16-7-9-18(26)10-8-16)13-21-22(27-15)11-17(12-23(21)28)19-5-3-4-6-24(19)30-2/h3-10,17,27H,11-14H2,1-2H3/t17-/m1/s1. The highest BCUT2D eigenvalue weighted by molar-refractivity contribution is 6.01. The van der Waals surface area contributed by atoms with Crippen LogP contribution < -0.4 is 10.1 Å². The van der Waals surface area contributed by atoms with E-state index in [1.807, 2.05) is 31.2 Å². The van der Waals surface area contributed by atoms with Crippen LogP contribution in [0.15, 0.2) is 71.1 Å². The number of ketones is 1. The maximum atomic E-state index is 13.0. The van der Waals surface area contributed by atoms with Crippen LogP contribution in [0.25, 0.3) is 0 Å². The van der Waals surface area contributed by atoms with Gasteiger partial charge in [-0.3, -0.25) is 4.79 Å². The molecule has 4 rings (SSSR count). The number of esters is 1. The monoisotopic (exact) mass is 421 g/mol. The highest BCUT2D eigenvalue weighted by atomic mass is 19.1. The van der Waals surface area contributed by atoms with Crippen LogP contribution >= 0.6 is 0 Å². The van der Waals surface area contributed by atoms with E-state index in [9.17, 15) is 14.0 Å². The molecule has 5 nitrogen and oxygen atoms in total. The number of benzene rings is 2. The Morgan fingerprint density at radius 3 is 2.61 bits per heavy atom. The Kier molecular flexibility index (Phi) is 5.89. The van der Waals surface area contributed by atoms with Crippen molar-refractivity contribution in [3.8, 4) is 5.75 Å². The zero-order valence-electron chi connectivity index (χ0n) is 17.5. The van der Waals surface area contributed by atoms with Crippen molar-refractivity contribution in [2.45, 2.75) is 38.7 Å². The molecule has 0 fully saturated rings. The summed E-state index contributed by atoms with van der Waals surface area (Å²) in [4.78, 5) is 25.6. The first-order valence-corrected chi connectivity index (χ1v) is 10.2. The second-order valence-corrected chi connectivity index (χ2v) is 7.84. The Balaban J connectivity index is 1.47. The minimum Gasteiger partial charge on any atom is -0.496 e. The number of methoxy groups -OCH3 is 1. The number of carbonyl (C=O) groups is 2. The van der Waals surface area contributed by atoms with Gasteiger partial charge in [-0.2, -0.15) is 0 Å². The van der Waals surface area contributed by atoms with E-state index in [1.165, 1.54) is 12.1 Å². The van der Waals surface area contributed by atoms with Crippen molar-refractivity contribution >= 4 is 11.8 Å². The first-order valence-electron chi connectivity index (χ1n) is 10.2. The second kappa shape index (κ2) is 8.76. The summed E-state index contributed by atoms with van der Waals surface area (Å²) < 4.78 is 23.9. The number of allylic oxidation sites excluding steroid dienone is 3. The van der Waals surface area contributed by atoms with E-state index in [0.717, 1.165) is 17.0 Å². The number of hydrogen-bond acceptors (Lipinski definition) is 5. The SMILES string of the molecule is COc1ccccc1[C@H]1CC(=O)C2=C(C1)NC(C)=C(C(=O)OCc1ccc(F)cc1)C2. The predicted molar refractivity (Wildman–Crippen MR) is 114 cm³/mol. The van der Waals surface area contributed by atoms with Gasteiger partial charge in [-0.1, -0.05) is 30.3 Å². The molecule has 0 amide bonds. The number of dihydropyridines is 1. The second-order valence-electron chi connectivity index (χ2n) is 7.84. The molecule has 6 heteroatoms. The molecule has 160 valence electrons. The van der Waals surface area contributed by atoms with Gasteiger partial charge in [-0.15, -0.1) is 0 Å². The topological polar surface area (TPSA) is 64.6 Å². The third-order valence-electron chi connectivity index (χ3n) is 5.84. The first kappa shape index (κ1) is 20.8. The van der Waals surface area contributed by atoms with Gasteiger partial charge in [0.2, 0.25) is 0 Å². The summed E-state index contributed by atoms with van der Waals surface area (Å²) >= 11 is 0. The fourth-order valence-electron chi connectivity index (χ4n) is 4.17. The summed E-state index contributed by atoms with van der Waals surface area (Å²) in [5.74, 6) is 0.0143. The number of hydrogen-bond donors (Lipinski definition) is 1. The van der Waals surface area contributed by atoms with Crippen LogP contribution in [0, 0.1) is 5.82 Å². The van der Waals surface area contributed by atoms with Crippen molar-refractivity contribution in [1.82, 2.24) is 5.32 Å². The van der Waals surface area contributed by atoms with Crippen LogP contribution in [0.3, 0.4) is 0 Å². The van der Waals surface area contributed by atoms with Crippen molar-refractivity contribution in [1.29, 1.82) is 0 Å². The van der Waals surface area contributed by atoms with Crippen molar-refractivity contribution in [3.05, 3.63) is 88.0 Å². The van der Waals surface area contributed by atoms with E-state index < -0.39 is 5.97 Å². The molecule has 0 bridgehead atoms. The number of Topliss-reactive ketones (excluding diaryl/α,β-unsaturated/α-hetero) is 1. The summed E-state index contributed by atoms with van der Waals surface area (Å²) in [5.41, 5.74) is 4.36. The lowest BCUT2D eigenvalue weighted by atomic mass is 9.78. The van der Waals surface area contributed by atoms with Crippen molar-refractivity contribution in [2.24, 2.45) is 0 Å². The van der Waals surface area contributed by atoms with Crippen molar-refractivity contribution < 1.29 is 23.5 Å². The van der Waals surface area contributed by atoms with Gasteiger partial charge >= 0.3 is 5.97 Å². The van der Waals surface area contributed by atoms with Crippen LogP contribution in [0.5, 0.6) is 5.75 Å². The van der Waals surface area contributed by atoms with Crippen LogP contribution in [0.2, 0.25) is 0 Å². The average molecular weight is 421 g/mol. The Bertz CT molecular complexity index is 1080. The van der Waals surface area contributed by atoms with Crippen LogP contribution in [-0.4, -0.2) is 18.9 Å². The molecular weight excluding hydrogens is 397 g/mol. The average Bonchev–Trinajstić information content (AvgIpc) is 2.78. The van der Waals surface area contributed by atoms with E-state index in [2.05, 4.69) is 5.32 Å². The molecular formula is C25H24FNO4. The van der Waals surface area contributed by atoms with Gasteiger partial charge in [-0.05, 0) is 42.7 Å². The summed E-state index contributed by atoms with van der Waals surface area (Å²) in [6, 6.07) is 13.6. The number of halogens is 1. The maximum Gasteiger partial charge on any atom is 0.336 e. The van der Waals surface area contributed by atoms with E-state index in [0.29, 0.717) is 35.2 Å².